The van der Waals surface area contributed by atoms with E-state index in [2.05, 4.69) is 20.0 Å². The van der Waals surface area contributed by atoms with Gasteiger partial charge in [0.25, 0.3) is 0 Å². The number of carbonyl (C=O) groups excluding carboxylic acids is 1. The summed E-state index contributed by atoms with van der Waals surface area (Å²) in [7, 11) is 0.216. The number of benzene rings is 1. The minimum Gasteiger partial charge on any atom is -0.465 e. The normalized spacial score (nSPS) is 18.1. The van der Waals surface area contributed by atoms with E-state index in [4.69, 9.17) is 0 Å². The van der Waals surface area contributed by atoms with Gasteiger partial charge in [-0.05, 0) is 37.6 Å². The highest BCUT2D eigenvalue weighted by Gasteiger charge is 2.31. The Morgan fingerprint density at radius 2 is 1.96 bits per heavy atom. The highest BCUT2D eigenvalue weighted by molar-refractivity contribution is 7.91. The monoisotopic (exact) mass is 390 g/mol. The third-order valence-electron chi connectivity index (χ3n) is 4.52. The fourth-order valence-corrected chi connectivity index (χ4v) is 4.77. The molecular formula is C18H22N4O4S. The number of nitrogens with zero attached hydrogens (tertiary/aromatic N) is 3. The lowest BCUT2D eigenvalue weighted by Gasteiger charge is -2.25. The van der Waals surface area contributed by atoms with E-state index in [1.165, 1.54) is 7.11 Å². The van der Waals surface area contributed by atoms with E-state index in [0.717, 1.165) is 11.4 Å². The van der Waals surface area contributed by atoms with Crippen LogP contribution in [0.3, 0.4) is 0 Å². The van der Waals surface area contributed by atoms with E-state index in [-0.39, 0.29) is 17.5 Å². The maximum Gasteiger partial charge on any atom is 0.337 e. The van der Waals surface area contributed by atoms with Crippen LogP contribution in [0.25, 0.3) is 0 Å². The van der Waals surface area contributed by atoms with Gasteiger partial charge in [0.2, 0.25) is 5.95 Å². The first-order valence-corrected chi connectivity index (χ1v) is 10.3. The van der Waals surface area contributed by atoms with Crippen LogP contribution in [0.2, 0.25) is 0 Å². The molecular weight excluding hydrogens is 368 g/mol. The molecule has 0 bridgehead atoms. The lowest BCUT2D eigenvalue weighted by Crippen LogP contribution is -2.33. The molecule has 1 aliphatic rings. The van der Waals surface area contributed by atoms with Crippen molar-refractivity contribution in [2.24, 2.45) is 0 Å². The van der Waals surface area contributed by atoms with Gasteiger partial charge in [-0.2, -0.15) is 4.98 Å². The van der Waals surface area contributed by atoms with Gasteiger partial charge in [0.15, 0.2) is 9.84 Å². The Balaban J connectivity index is 1.78. The number of hydrogen-bond acceptors (Lipinski definition) is 8. The van der Waals surface area contributed by atoms with Gasteiger partial charge < -0.3 is 15.0 Å². The fourth-order valence-electron chi connectivity index (χ4n) is 2.99. The van der Waals surface area contributed by atoms with Crippen LogP contribution in [0.1, 0.15) is 22.5 Å². The molecule has 3 rings (SSSR count). The summed E-state index contributed by atoms with van der Waals surface area (Å²) < 4.78 is 28.2. The molecule has 0 amide bonds. The number of nitrogens with one attached hydrogen (secondary N) is 1. The van der Waals surface area contributed by atoms with Crippen LogP contribution in [-0.4, -0.2) is 56.1 Å². The van der Waals surface area contributed by atoms with Crippen molar-refractivity contribution in [1.82, 2.24) is 9.97 Å². The summed E-state index contributed by atoms with van der Waals surface area (Å²) in [5, 5.41) is 3.11. The number of anilines is 3. The SMILES string of the molecule is COC(=O)c1ccc(Nc2nc(C)cc(N(C)C3CCS(=O)(=O)C3)n2)cc1. The second-order valence-corrected chi connectivity index (χ2v) is 8.78. The number of carbonyl (C=O) groups is 1. The highest BCUT2D eigenvalue weighted by Crippen LogP contribution is 2.24. The quantitative estimate of drug-likeness (QED) is 0.773. The first-order valence-electron chi connectivity index (χ1n) is 8.52. The summed E-state index contributed by atoms with van der Waals surface area (Å²) in [6.45, 7) is 1.86. The number of aryl methyl sites for hydroxylation is 1. The number of methoxy groups -OCH3 is 1. The van der Waals surface area contributed by atoms with Gasteiger partial charge in [0.1, 0.15) is 5.82 Å². The molecule has 1 aliphatic heterocycles. The molecule has 8 nitrogen and oxygen atoms in total. The second kappa shape index (κ2) is 7.51. The molecule has 1 unspecified atom stereocenters. The van der Waals surface area contributed by atoms with E-state index in [1.807, 2.05) is 24.9 Å². The van der Waals surface area contributed by atoms with Crippen LogP contribution in [0, 0.1) is 6.92 Å². The molecule has 27 heavy (non-hydrogen) atoms. The Morgan fingerprint density at radius 3 is 2.56 bits per heavy atom. The van der Waals surface area contributed by atoms with Crippen molar-refractivity contribution >= 4 is 33.3 Å². The average Bonchev–Trinajstić information content (AvgIpc) is 3.00. The minimum atomic E-state index is -2.97. The van der Waals surface area contributed by atoms with Crippen molar-refractivity contribution in [3.8, 4) is 0 Å². The van der Waals surface area contributed by atoms with E-state index >= 15 is 0 Å². The molecule has 0 radical (unpaired) electrons. The molecule has 2 aromatic rings. The van der Waals surface area contributed by atoms with Crippen molar-refractivity contribution in [3.63, 3.8) is 0 Å². The summed E-state index contributed by atoms with van der Waals surface area (Å²) >= 11 is 0. The van der Waals surface area contributed by atoms with Gasteiger partial charge in [-0.3, -0.25) is 0 Å². The molecule has 9 heteroatoms. The molecule has 0 saturated carbocycles. The second-order valence-electron chi connectivity index (χ2n) is 6.55. The molecule has 2 heterocycles. The zero-order valence-electron chi connectivity index (χ0n) is 15.5. The van der Waals surface area contributed by atoms with Crippen LogP contribution in [0.5, 0.6) is 0 Å². The smallest absolute Gasteiger partial charge is 0.337 e. The Bertz CT molecular complexity index is 944. The minimum absolute atomic E-state index is 0.0866. The standard InChI is InChI=1S/C18H22N4O4S/c1-12-10-16(22(2)15-8-9-27(24,25)11-15)21-18(19-12)20-14-6-4-13(5-7-14)17(23)26-3/h4-7,10,15H,8-9,11H2,1-3H3,(H,19,20,21). The largest absolute Gasteiger partial charge is 0.465 e. The molecule has 144 valence electrons. The average molecular weight is 390 g/mol. The molecule has 1 N–H and O–H groups in total. The van der Waals surface area contributed by atoms with Crippen LogP contribution in [0.15, 0.2) is 30.3 Å². The van der Waals surface area contributed by atoms with Crippen LogP contribution in [-0.2, 0) is 14.6 Å². The number of rotatable bonds is 5. The molecule has 1 aromatic carbocycles. The molecule has 0 spiro atoms. The number of esters is 1. The maximum atomic E-state index is 11.7. The molecule has 1 aromatic heterocycles. The van der Waals surface area contributed by atoms with Crippen molar-refractivity contribution < 1.29 is 17.9 Å². The third-order valence-corrected chi connectivity index (χ3v) is 6.27. The number of aromatic nitrogens is 2. The molecule has 1 saturated heterocycles. The van der Waals surface area contributed by atoms with Gasteiger partial charge in [0, 0.05) is 30.5 Å². The first-order chi connectivity index (χ1) is 12.8. The number of ether oxygens (including phenoxy) is 1. The van der Waals surface area contributed by atoms with E-state index < -0.39 is 15.8 Å². The molecule has 1 fully saturated rings. The van der Waals surface area contributed by atoms with Gasteiger partial charge in [-0.25, -0.2) is 18.2 Å². The van der Waals surface area contributed by atoms with Crippen LogP contribution in [0.4, 0.5) is 17.5 Å². The Morgan fingerprint density at radius 1 is 1.26 bits per heavy atom. The van der Waals surface area contributed by atoms with Crippen molar-refractivity contribution in [3.05, 3.63) is 41.6 Å². The van der Waals surface area contributed by atoms with E-state index in [9.17, 15) is 13.2 Å². The predicted octanol–water partition coefficient (Wildman–Crippen LogP) is 1.94. The van der Waals surface area contributed by atoms with Crippen LogP contribution >= 0.6 is 0 Å². The fraction of sp³-hybridized carbons (Fsp3) is 0.389. The van der Waals surface area contributed by atoms with Gasteiger partial charge in [-0.1, -0.05) is 0 Å². The van der Waals surface area contributed by atoms with Crippen molar-refractivity contribution in [2.45, 2.75) is 19.4 Å². The Labute approximate surface area is 158 Å². The lowest BCUT2D eigenvalue weighted by atomic mass is 10.2. The summed E-state index contributed by atoms with van der Waals surface area (Å²) in [5.74, 6) is 1.03. The lowest BCUT2D eigenvalue weighted by molar-refractivity contribution is 0.0600. The van der Waals surface area contributed by atoms with Gasteiger partial charge in [-0.15, -0.1) is 0 Å². The van der Waals surface area contributed by atoms with Crippen molar-refractivity contribution in [1.29, 1.82) is 0 Å². The van der Waals surface area contributed by atoms with Crippen LogP contribution < -0.4 is 10.2 Å². The maximum absolute atomic E-state index is 11.7. The first kappa shape index (κ1) is 19.1. The Kier molecular flexibility index (Phi) is 5.31. The summed E-state index contributed by atoms with van der Waals surface area (Å²) in [4.78, 5) is 22.3. The summed E-state index contributed by atoms with van der Waals surface area (Å²) in [5.41, 5.74) is 1.95. The van der Waals surface area contributed by atoms with Gasteiger partial charge >= 0.3 is 5.97 Å². The number of sulfone groups is 1. The topological polar surface area (TPSA) is 101 Å². The molecule has 1 atom stereocenters. The Hall–Kier alpha value is -2.68. The summed E-state index contributed by atoms with van der Waals surface area (Å²) in [6.07, 6.45) is 0.597. The van der Waals surface area contributed by atoms with Crippen molar-refractivity contribution in [2.75, 3.05) is 35.9 Å². The summed E-state index contributed by atoms with van der Waals surface area (Å²) in [6, 6.07) is 8.53. The predicted molar refractivity (Wildman–Crippen MR) is 103 cm³/mol. The zero-order chi connectivity index (χ0) is 19.6. The highest BCUT2D eigenvalue weighted by atomic mass is 32.2. The van der Waals surface area contributed by atoms with E-state index in [0.29, 0.717) is 23.8 Å². The molecule has 0 aliphatic carbocycles. The number of hydrogen-bond donors (Lipinski definition) is 1. The van der Waals surface area contributed by atoms with Gasteiger partial charge in [0.05, 0.1) is 24.2 Å². The van der Waals surface area contributed by atoms with E-state index in [1.54, 1.807) is 24.3 Å². The third kappa shape index (κ3) is 4.54. The zero-order valence-corrected chi connectivity index (χ0v) is 16.3.